The number of anilines is 2. The Morgan fingerprint density at radius 3 is 2.79 bits per heavy atom. The molecule has 29 heavy (non-hydrogen) atoms. The van der Waals surface area contributed by atoms with Gasteiger partial charge in [0.2, 0.25) is 0 Å². The summed E-state index contributed by atoms with van der Waals surface area (Å²) in [5.74, 6) is 0.628. The molecule has 4 N–H and O–H groups in total. The molecule has 1 saturated carbocycles. The van der Waals surface area contributed by atoms with Crippen LogP contribution in [0.2, 0.25) is 0 Å². The first-order chi connectivity index (χ1) is 14.1. The van der Waals surface area contributed by atoms with Gasteiger partial charge in [-0.2, -0.15) is 5.10 Å². The van der Waals surface area contributed by atoms with Crippen LogP contribution in [0.25, 0.3) is 22.3 Å². The number of nitrogens with one attached hydrogen (secondary N) is 4. The lowest BCUT2D eigenvalue weighted by Gasteiger charge is -2.04. The summed E-state index contributed by atoms with van der Waals surface area (Å²) in [5.41, 5.74) is 5.49. The van der Waals surface area contributed by atoms with Crippen LogP contribution in [-0.2, 0) is 0 Å². The molecule has 0 atom stereocenters. The van der Waals surface area contributed by atoms with E-state index in [1.165, 1.54) is 12.8 Å². The fourth-order valence-corrected chi connectivity index (χ4v) is 3.25. The molecular formula is C21H21N7O. The number of H-pyrrole nitrogens is 2. The molecular weight excluding hydrogens is 366 g/mol. The van der Waals surface area contributed by atoms with Crippen LogP contribution in [0.3, 0.4) is 0 Å². The smallest absolute Gasteiger partial charge is 0.276 e. The van der Waals surface area contributed by atoms with Crippen molar-refractivity contribution in [3.05, 3.63) is 53.6 Å². The molecule has 8 heteroatoms. The summed E-state index contributed by atoms with van der Waals surface area (Å²) in [4.78, 5) is 24.7. The van der Waals surface area contributed by atoms with Crippen LogP contribution < -0.4 is 10.6 Å². The molecule has 4 heterocycles. The molecule has 0 aliphatic heterocycles. The van der Waals surface area contributed by atoms with Gasteiger partial charge in [-0.15, -0.1) is 0 Å². The Balaban J connectivity index is 1.40. The number of hydrogen-bond acceptors (Lipinski definition) is 5. The molecule has 0 spiro atoms. The van der Waals surface area contributed by atoms with Gasteiger partial charge in [-0.3, -0.25) is 9.89 Å². The van der Waals surface area contributed by atoms with E-state index in [9.17, 15) is 4.79 Å². The molecule has 8 nitrogen and oxygen atoms in total. The van der Waals surface area contributed by atoms with Crippen molar-refractivity contribution in [2.75, 3.05) is 10.6 Å². The van der Waals surface area contributed by atoms with Crippen LogP contribution in [0.15, 0.2) is 36.7 Å². The molecule has 0 radical (unpaired) electrons. The summed E-state index contributed by atoms with van der Waals surface area (Å²) < 4.78 is 0. The summed E-state index contributed by atoms with van der Waals surface area (Å²) in [5, 5.41) is 14.1. The molecule has 4 aromatic rings. The Hall–Kier alpha value is -3.68. The largest absolute Gasteiger partial charge is 0.367 e. The lowest BCUT2D eigenvalue weighted by Crippen LogP contribution is -2.13. The average Bonchev–Trinajstić information content (AvgIpc) is 3.32. The van der Waals surface area contributed by atoms with Crippen molar-refractivity contribution >= 4 is 28.4 Å². The highest BCUT2D eigenvalue weighted by Crippen LogP contribution is 2.28. The molecule has 5 rings (SSSR count). The third kappa shape index (κ3) is 3.44. The highest BCUT2D eigenvalue weighted by Gasteiger charge is 2.21. The van der Waals surface area contributed by atoms with Gasteiger partial charge in [0.1, 0.15) is 11.5 Å². The normalized spacial score (nSPS) is 13.6. The van der Waals surface area contributed by atoms with Gasteiger partial charge in [0.15, 0.2) is 5.69 Å². The number of aromatic amines is 2. The van der Waals surface area contributed by atoms with Crippen LogP contribution in [0, 0.1) is 13.8 Å². The lowest BCUT2D eigenvalue weighted by molar-refractivity contribution is 0.102. The number of carbonyl (C=O) groups excluding carboxylic acids is 1. The first kappa shape index (κ1) is 17.4. The highest BCUT2D eigenvalue weighted by atomic mass is 16.1. The van der Waals surface area contributed by atoms with Crippen LogP contribution in [0.1, 0.15) is 34.6 Å². The third-order valence-electron chi connectivity index (χ3n) is 5.20. The number of pyridine rings is 2. The Labute approximate surface area is 167 Å². The molecule has 1 aliphatic rings. The Morgan fingerprint density at radius 1 is 1.17 bits per heavy atom. The molecule has 0 saturated heterocycles. The zero-order valence-electron chi connectivity index (χ0n) is 16.2. The molecule has 1 fully saturated rings. The van der Waals surface area contributed by atoms with Gasteiger partial charge in [0, 0.05) is 40.1 Å². The van der Waals surface area contributed by atoms with E-state index in [1.807, 2.05) is 38.1 Å². The average molecular weight is 387 g/mol. The zero-order valence-corrected chi connectivity index (χ0v) is 16.2. The van der Waals surface area contributed by atoms with Crippen LogP contribution >= 0.6 is 0 Å². The second-order valence-corrected chi connectivity index (χ2v) is 7.47. The van der Waals surface area contributed by atoms with E-state index < -0.39 is 0 Å². The predicted molar refractivity (Wildman–Crippen MR) is 112 cm³/mol. The van der Waals surface area contributed by atoms with Crippen LogP contribution in [0.4, 0.5) is 11.5 Å². The van der Waals surface area contributed by atoms with Crippen molar-refractivity contribution in [2.24, 2.45) is 0 Å². The Morgan fingerprint density at radius 2 is 2.03 bits per heavy atom. The van der Waals surface area contributed by atoms with Gasteiger partial charge in [-0.1, -0.05) is 0 Å². The number of carbonyl (C=O) groups is 1. The van der Waals surface area contributed by atoms with Gasteiger partial charge >= 0.3 is 0 Å². The van der Waals surface area contributed by atoms with Crippen molar-refractivity contribution < 1.29 is 4.79 Å². The maximum Gasteiger partial charge on any atom is 0.276 e. The lowest BCUT2D eigenvalue weighted by atomic mass is 10.2. The van der Waals surface area contributed by atoms with Crippen LogP contribution in [-0.4, -0.2) is 37.1 Å². The standard InChI is InChI=1S/C21H21N7O/c1-11-12(2)27-28-19(11)21(29)25-16-7-14-8-17(26-20(14)23-10-16)13-5-6-22-18(9-13)24-15-3-4-15/h5-10,15H,3-4H2,1-2H3,(H,22,24)(H,23,26)(H,25,29)(H,27,28). The van der Waals surface area contributed by atoms with Crippen molar-refractivity contribution in [1.29, 1.82) is 0 Å². The number of amides is 1. The Bertz CT molecular complexity index is 1220. The SMILES string of the molecule is Cc1[nH]nc(C(=O)Nc2cnc3[nH]c(-c4ccnc(NC5CC5)c4)cc3c2)c1C. The first-order valence-corrected chi connectivity index (χ1v) is 9.61. The molecule has 0 bridgehead atoms. The monoisotopic (exact) mass is 387 g/mol. The zero-order chi connectivity index (χ0) is 20.0. The number of hydrogen-bond donors (Lipinski definition) is 4. The van der Waals surface area contributed by atoms with Gasteiger partial charge in [0.05, 0.1) is 11.9 Å². The minimum Gasteiger partial charge on any atom is -0.367 e. The fraction of sp³-hybridized carbons (Fsp3) is 0.238. The second kappa shape index (κ2) is 6.73. The van der Waals surface area contributed by atoms with E-state index in [2.05, 4.69) is 35.8 Å². The maximum atomic E-state index is 12.5. The van der Waals surface area contributed by atoms with Gasteiger partial charge in [0.25, 0.3) is 5.91 Å². The molecule has 0 unspecified atom stereocenters. The van der Waals surface area contributed by atoms with Crippen LogP contribution in [0.5, 0.6) is 0 Å². The molecule has 0 aromatic carbocycles. The third-order valence-corrected chi connectivity index (χ3v) is 5.20. The summed E-state index contributed by atoms with van der Waals surface area (Å²) in [6, 6.07) is 8.48. The second-order valence-electron chi connectivity index (χ2n) is 7.47. The van der Waals surface area contributed by atoms with Crippen molar-refractivity contribution in [3.63, 3.8) is 0 Å². The quantitative estimate of drug-likeness (QED) is 0.416. The maximum absolute atomic E-state index is 12.5. The van der Waals surface area contributed by atoms with Crippen molar-refractivity contribution in [1.82, 2.24) is 25.1 Å². The highest BCUT2D eigenvalue weighted by molar-refractivity contribution is 6.04. The number of aromatic nitrogens is 5. The molecule has 146 valence electrons. The summed E-state index contributed by atoms with van der Waals surface area (Å²) in [6.07, 6.45) is 5.85. The number of nitrogens with zero attached hydrogens (tertiary/aromatic N) is 3. The van der Waals surface area contributed by atoms with E-state index in [4.69, 9.17) is 0 Å². The van der Waals surface area contributed by atoms with Gasteiger partial charge < -0.3 is 15.6 Å². The minimum absolute atomic E-state index is 0.256. The number of aryl methyl sites for hydroxylation is 1. The molecule has 1 aliphatic carbocycles. The van der Waals surface area contributed by atoms with E-state index in [0.29, 0.717) is 17.4 Å². The number of fused-ring (bicyclic) bond motifs is 1. The Kier molecular flexibility index (Phi) is 4.04. The summed E-state index contributed by atoms with van der Waals surface area (Å²) >= 11 is 0. The summed E-state index contributed by atoms with van der Waals surface area (Å²) in [6.45, 7) is 3.76. The van der Waals surface area contributed by atoms with Crippen molar-refractivity contribution in [2.45, 2.75) is 32.7 Å². The molecule has 4 aromatic heterocycles. The summed E-state index contributed by atoms with van der Waals surface area (Å²) in [7, 11) is 0. The van der Waals surface area contributed by atoms with E-state index >= 15 is 0 Å². The van der Waals surface area contributed by atoms with E-state index in [0.717, 1.165) is 39.4 Å². The number of rotatable bonds is 5. The molecule has 1 amide bonds. The van der Waals surface area contributed by atoms with Crippen molar-refractivity contribution in [3.8, 4) is 11.3 Å². The van der Waals surface area contributed by atoms with Gasteiger partial charge in [-0.25, -0.2) is 9.97 Å². The fourth-order valence-electron chi connectivity index (χ4n) is 3.25. The predicted octanol–water partition coefficient (Wildman–Crippen LogP) is 3.79. The first-order valence-electron chi connectivity index (χ1n) is 9.61. The van der Waals surface area contributed by atoms with Gasteiger partial charge in [-0.05, 0) is 51.0 Å². The van der Waals surface area contributed by atoms with E-state index in [1.54, 1.807) is 12.4 Å². The minimum atomic E-state index is -0.256. The topological polar surface area (TPSA) is 111 Å². The van der Waals surface area contributed by atoms with E-state index in [-0.39, 0.29) is 5.91 Å².